The number of pyridine rings is 1. The number of benzene rings is 1. The number of fused-ring (bicyclic) bond motifs is 1. The molecular weight excluding hydrogens is 314 g/mol. The van der Waals surface area contributed by atoms with Crippen molar-refractivity contribution in [2.24, 2.45) is 5.73 Å². The summed E-state index contributed by atoms with van der Waals surface area (Å²) in [6.45, 7) is 4.67. The molecule has 0 aliphatic rings. The molecule has 0 spiro atoms. The van der Waals surface area contributed by atoms with E-state index in [9.17, 15) is 0 Å². The van der Waals surface area contributed by atoms with Crippen LogP contribution in [0, 0.1) is 13.8 Å². The molecule has 0 bridgehead atoms. The molecule has 0 radical (unpaired) electrons. The molecule has 0 unspecified atom stereocenters. The Balaban J connectivity index is 2.33. The number of nitrogens with zero attached hydrogens (tertiary/aromatic N) is 2. The lowest BCUT2D eigenvalue weighted by Crippen LogP contribution is -2.02. The number of halogens is 1. The number of rotatable bonds is 2. The van der Waals surface area contributed by atoms with Crippen LogP contribution < -0.4 is 5.73 Å². The van der Waals surface area contributed by atoms with Gasteiger partial charge in [-0.2, -0.15) is 0 Å². The minimum absolute atomic E-state index is 0.459. The molecule has 4 heteroatoms. The molecule has 0 aliphatic carbocycles. The summed E-state index contributed by atoms with van der Waals surface area (Å²) >= 11 is 3.55. The lowest BCUT2D eigenvalue weighted by molar-refractivity contribution is 0.960. The van der Waals surface area contributed by atoms with Crippen molar-refractivity contribution in [3.05, 3.63) is 57.8 Å². The Hall–Kier alpha value is -1.65. The fourth-order valence-electron chi connectivity index (χ4n) is 2.57. The van der Waals surface area contributed by atoms with Gasteiger partial charge >= 0.3 is 0 Å². The molecule has 0 fully saturated rings. The second kappa shape index (κ2) is 5.04. The first-order valence-corrected chi connectivity index (χ1v) is 7.34. The van der Waals surface area contributed by atoms with Crippen LogP contribution >= 0.6 is 15.9 Å². The molecule has 3 aromatic rings. The van der Waals surface area contributed by atoms with Gasteiger partial charge in [0.05, 0.1) is 15.9 Å². The van der Waals surface area contributed by atoms with Gasteiger partial charge < -0.3 is 10.1 Å². The van der Waals surface area contributed by atoms with Gasteiger partial charge in [-0.1, -0.05) is 23.8 Å². The maximum Gasteiger partial charge on any atom is 0.152 e. The minimum atomic E-state index is 0.459. The lowest BCUT2D eigenvalue weighted by atomic mass is 10.0. The summed E-state index contributed by atoms with van der Waals surface area (Å²) < 4.78 is 3.03. The van der Waals surface area contributed by atoms with Crippen LogP contribution in [0.3, 0.4) is 0 Å². The number of hydrogen-bond acceptors (Lipinski definition) is 2. The van der Waals surface area contributed by atoms with Crippen molar-refractivity contribution in [3.63, 3.8) is 0 Å². The van der Waals surface area contributed by atoms with Crippen LogP contribution in [0.4, 0.5) is 0 Å². The number of hydrogen-bond donors (Lipinski definition) is 1. The third-order valence-corrected chi connectivity index (χ3v) is 4.15. The van der Waals surface area contributed by atoms with E-state index in [1.54, 1.807) is 0 Å². The normalized spacial score (nSPS) is 11.2. The molecule has 102 valence electrons. The number of aromatic nitrogens is 2. The highest BCUT2D eigenvalue weighted by molar-refractivity contribution is 9.10. The van der Waals surface area contributed by atoms with Crippen LogP contribution in [0.1, 0.15) is 16.8 Å². The maximum atomic E-state index is 5.95. The van der Waals surface area contributed by atoms with Crippen molar-refractivity contribution in [2.75, 3.05) is 0 Å². The molecule has 0 atom stereocenters. The Morgan fingerprint density at radius 2 is 2.05 bits per heavy atom. The molecule has 2 aromatic heterocycles. The first-order valence-electron chi connectivity index (χ1n) is 6.55. The largest absolute Gasteiger partial charge is 0.325 e. The second-order valence-corrected chi connectivity index (χ2v) is 5.83. The molecule has 20 heavy (non-hydrogen) atoms. The molecule has 1 aromatic carbocycles. The Labute approximate surface area is 126 Å². The Bertz CT molecular complexity index is 790. The van der Waals surface area contributed by atoms with Gasteiger partial charge in [0.1, 0.15) is 0 Å². The molecule has 0 amide bonds. The maximum absolute atomic E-state index is 5.95. The van der Waals surface area contributed by atoms with Crippen LogP contribution in [0.15, 0.2) is 41.0 Å². The van der Waals surface area contributed by atoms with Gasteiger partial charge in [0, 0.05) is 18.3 Å². The molecule has 3 nitrogen and oxygen atoms in total. The van der Waals surface area contributed by atoms with E-state index in [-0.39, 0.29) is 0 Å². The van der Waals surface area contributed by atoms with Gasteiger partial charge in [-0.25, -0.2) is 4.98 Å². The molecule has 0 aliphatic heterocycles. The molecule has 0 saturated carbocycles. The smallest absolute Gasteiger partial charge is 0.152 e. The summed E-state index contributed by atoms with van der Waals surface area (Å²) in [5.41, 5.74) is 12.5. The standard InChI is InChI=1S/C16H16BrN3/c1-10-5-6-12(11(2)8-10)15-14(9-18)20-7-3-4-13(17)16(20)19-15/h3-8H,9,18H2,1-2H3. The van der Waals surface area contributed by atoms with Crippen molar-refractivity contribution in [1.29, 1.82) is 0 Å². The van der Waals surface area contributed by atoms with Gasteiger partial charge in [0.2, 0.25) is 0 Å². The predicted octanol–water partition coefficient (Wildman–Crippen LogP) is 3.84. The highest BCUT2D eigenvalue weighted by Crippen LogP contribution is 2.30. The summed E-state index contributed by atoms with van der Waals surface area (Å²) in [5, 5.41) is 0. The molecule has 0 saturated heterocycles. The van der Waals surface area contributed by atoms with E-state index in [1.165, 1.54) is 11.1 Å². The van der Waals surface area contributed by atoms with Crippen LogP contribution in [0.2, 0.25) is 0 Å². The average Bonchev–Trinajstić information content (AvgIpc) is 2.78. The number of nitrogens with two attached hydrogens (primary N) is 1. The van der Waals surface area contributed by atoms with E-state index in [4.69, 9.17) is 10.7 Å². The first-order chi connectivity index (χ1) is 9.61. The van der Waals surface area contributed by atoms with E-state index < -0.39 is 0 Å². The summed E-state index contributed by atoms with van der Waals surface area (Å²) in [4.78, 5) is 4.78. The second-order valence-electron chi connectivity index (χ2n) is 4.98. The van der Waals surface area contributed by atoms with Gasteiger partial charge in [-0.3, -0.25) is 0 Å². The first kappa shape index (κ1) is 13.3. The van der Waals surface area contributed by atoms with Crippen molar-refractivity contribution < 1.29 is 0 Å². The summed E-state index contributed by atoms with van der Waals surface area (Å²) in [5.74, 6) is 0. The van der Waals surface area contributed by atoms with E-state index in [1.807, 2.05) is 18.3 Å². The van der Waals surface area contributed by atoms with Crippen LogP contribution in [-0.4, -0.2) is 9.38 Å². The van der Waals surface area contributed by atoms with Crippen molar-refractivity contribution >= 4 is 21.6 Å². The third-order valence-electron chi connectivity index (χ3n) is 3.53. The zero-order valence-corrected chi connectivity index (χ0v) is 13.1. The van der Waals surface area contributed by atoms with Gasteiger partial charge in [0.15, 0.2) is 5.65 Å². The summed E-state index contributed by atoms with van der Waals surface area (Å²) in [6, 6.07) is 10.4. The molecule has 3 rings (SSSR count). The topological polar surface area (TPSA) is 43.3 Å². The Morgan fingerprint density at radius 3 is 2.75 bits per heavy atom. The minimum Gasteiger partial charge on any atom is -0.325 e. The molecule has 2 N–H and O–H groups in total. The summed E-state index contributed by atoms with van der Waals surface area (Å²) in [6.07, 6.45) is 2.00. The van der Waals surface area contributed by atoms with Crippen LogP contribution in [-0.2, 0) is 6.54 Å². The highest BCUT2D eigenvalue weighted by Gasteiger charge is 2.15. The van der Waals surface area contributed by atoms with Gasteiger partial charge in [-0.15, -0.1) is 0 Å². The fourth-order valence-corrected chi connectivity index (χ4v) is 3.01. The lowest BCUT2D eigenvalue weighted by Gasteiger charge is -2.06. The van der Waals surface area contributed by atoms with E-state index in [0.29, 0.717) is 6.54 Å². The third kappa shape index (κ3) is 2.05. The zero-order chi connectivity index (χ0) is 14.3. The Kier molecular flexibility index (Phi) is 3.36. The SMILES string of the molecule is Cc1ccc(-c2nc3c(Br)cccn3c2CN)c(C)c1. The van der Waals surface area contributed by atoms with Gasteiger partial charge in [0.25, 0.3) is 0 Å². The van der Waals surface area contributed by atoms with E-state index in [2.05, 4.69) is 52.4 Å². The Morgan fingerprint density at radius 1 is 1.25 bits per heavy atom. The number of imidazole rings is 1. The predicted molar refractivity (Wildman–Crippen MR) is 85.7 cm³/mol. The quantitative estimate of drug-likeness (QED) is 0.776. The fraction of sp³-hybridized carbons (Fsp3) is 0.188. The monoisotopic (exact) mass is 329 g/mol. The molecule has 2 heterocycles. The van der Waals surface area contributed by atoms with Crippen LogP contribution in [0.5, 0.6) is 0 Å². The van der Waals surface area contributed by atoms with Crippen molar-refractivity contribution in [1.82, 2.24) is 9.38 Å². The zero-order valence-electron chi connectivity index (χ0n) is 11.5. The average molecular weight is 330 g/mol. The number of aryl methyl sites for hydroxylation is 2. The van der Waals surface area contributed by atoms with E-state index >= 15 is 0 Å². The summed E-state index contributed by atoms with van der Waals surface area (Å²) in [7, 11) is 0. The highest BCUT2D eigenvalue weighted by atomic mass is 79.9. The van der Waals surface area contributed by atoms with E-state index in [0.717, 1.165) is 27.1 Å². The van der Waals surface area contributed by atoms with Crippen molar-refractivity contribution in [3.8, 4) is 11.3 Å². The van der Waals surface area contributed by atoms with Gasteiger partial charge in [-0.05, 0) is 47.5 Å². The molecular formula is C16H16BrN3. The van der Waals surface area contributed by atoms with Crippen LogP contribution in [0.25, 0.3) is 16.9 Å². The van der Waals surface area contributed by atoms with Crippen molar-refractivity contribution in [2.45, 2.75) is 20.4 Å².